The zero-order valence-electron chi connectivity index (χ0n) is 19.1. The molecule has 0 aliphatic carbocycles. The van der Waals surface area contributed by atoms with E-state index in [1.54, 1.807) is 59.8 Å². The molecule has 1 aliphatic rings. The molecule has 2 amide bonds. The maximum atomic E-state index is 12.9. The van der Waals surface area contributed by atoms with Crippen molar-refractivity contribution in [3.63, 3.8) is 0 Å². The van der Waals surface area contributed by atoms with Gasteiger partial charge in [-0.3, -0.25) is 23.9 Å². The normalized spacial score (nSPS) is 13.7. The third-order valence-corrected chi connectivity index (χ3v) is 6.10. The molecule has 1 aromatic carbocycles. The van der Waals surface area contributed by atoms with E-state index in [2.05, 4.69) is 9.97 Å². The summed E-state index contributed by atoms with van der Waals surface area (Å²) >= 11 is 0. The molecule has 1 aliphatic heterocycles. The minimum Gasteiger partial charge on any atom is -0.366 e. The number of carbonyl (C=O) groups excluding carboxylic acids is 2. The number of amides is 2. The van der Waals surface area contributed by atoms with Crippen LogP contribution in [0.25, 0.3) is 16.7 Å². The molecule has 176 valence electrons. The number of fused-ring (bicyclic) bond motifs is 1. The zero-order valence-corrected chi connectivity index (χ0v) is 19.1. The number of anilines is 1. The Morgan fingerprint density at radius 1 is 0.914 bits per heavy atom. The van der Waals surface area contributed by atoms with Crippen LogP contribution in [0.1, 0.15) is 26.4 Å². The third-order valence-electron chi connectivity index (χ3n) is 6.10. The smallest absolute Gasteiger partial charge is 0.256 e. The van der Waals surface area contributed by atoms with Crippen molar-refractivity contribution >= 4 is 28.8 Å². The van der Waals surface area contributed by atoms with Crippen molar-refractivity contribution in [3.05, 3.63) is 88.1 Å². The maximum Gasteiger partial charge on any atom is 0.256 e. The predicted octanol–water partition coefficient (Wildman–Crippen LogP) is 1.55. The van der Waals surface area contributed by atoms with Crippen LogP contribution in [-0.2, 0) is 0 Å². The van der Waals surface area contributed by atoms with Crippen LogP contribution in [0.3, 0.4) is 0 Å². The van der Waals surface area contributed by atoms with E-state index >= 15 is 0 Å². The van der Waals surface area contributed by atoms with Gasteiger partial charge in [-0.25, -0.2) is 4.98 Å². The fourth-order valence-electron chi connectivity index (χ4n) is 4.20. The van der Waals surface area contributed by atoms with Crippen LogP contribution in [0.15, 0.2) is 65.7 Å². The van der Waals surface area contributed by atoms with Crippen molar-refractivity contribution < 1.29 is 9.59 Å². The van der Waals surface area contributed by atoms with E-state index in [0.29, 0.717) is 54.6 Å². The highest BCUT2D eigenvalue weighted by molar-refractivity contribution is 5.94. The number of pyridine rings is 2. The highest BCUT2D eigenvalue weighted by Gasteiger charge is 2.24. The van der Waals surface area contributed by atoms with Gasteiger partial charge in [0.15, 0.2) is 5.65 Å². The molecule has 4 heterocycles. The Bertz CT molecular complexity index is 1480. The van der Waals surface area contributed by atoms with Crippen LogP contribution in [-0.4, -0.2) is 62.4 Å². The molecule has 0 spiro atoms. The summed E-state index contributed by atoms with van der Waals surface area (Å²) in [4.78, 5) is 54.3. The van der Waals surface area contributed by atoms with Crippen molar-refractivity contribution in [2.45, 2.75) is 6.92 Å². The molecular formula is C25H23N7O3. The molecule has 0 bridgehead atoms. The van der Waals surface area contributed by atoms with Gasteiger partial charge in [0.1, 0.15) is 0 Å². The van der Waals surface area contributed by atoms with Gasteiger partial charge >= 0.3 is 0 Å². The number of benzene rings is 1. The van der Waals surface area contributed by atoms with Gasteiger partial charge < -0.3 is 15.5 Å². The van der Waals surface area contributed by atoms with Crippen molar-refractivity contribution in [3.8, 4) is 5.69 Å². The summed E-state index contributed by atoms with van der Waals surface area (Å²) in [6, 6.07) is 13.2. The van der Waals surface area contributed by atoms with Gasteiger partial charge in [-0.1, -0.05) is 0 Å². The minimum atomic E-state index is -0.538. The minimum absolute atomic E-state index is 0.0541. The molecule has 4 aromatic rings. The summed E-state index contributed by atoms with van der Waals surface area (Å²) in [6.07, 6.45) is 3.21. The Labute approximate surface area is 200 Å². The first kappa shape index (κ1) is 22.2. The Morgan fingerprint density at radius 2 is 1.66 bits per heavy atom. The third kappa shape index (κ3) is 4.21. The molecule has 0 unspecified atom stereocenters. The quantitative estimate of drug-likeness (QED) is 0.480. The number of aryl methyl sites for hydroxylation is 1. The molecule has 10 heteroatoms. The molecule has 2 N–H and O–H groups in total. The van der Waals surface area contributed by atoms with Crippen LogP contribution in [0, 0.1) is 6.92 Å². The first-order valence-electron chi connectivity index (χ1n) is 11.2. The van der Waals surface area contributed by atoms with Gasteiger partial charge in [0.25, 0.3) is 11.5 Å². The summed E-state index contributed by atoms with van der Waals surface area (Å²) < 4.78 is 1.50. The summed E-state index contributed by atoms with van der Waals surface area (Å²) in [5, 5.41) is 0.748. The van der Waals surface area contributed by atoms with Crippen molar-refractivity contribution in [1.29, 1.82) is 0 Å². The van der Waals surface area contributed by atoms with Crippen molar-refractivity contribution in [2.75, 3.05) is 31.1 Å². The van der Waals surface area contributed by atoms with E-state index in [-0.39, 0.29) is 11.5 Å². The van der Waals surface area contributed by atoms with Crippen LogP contribution in [0.4, 0.5) is 5.95 Å². The zero-order chi connectivity index (χ0) is 24.5. The second kappa shape index (κ2) is 8.98. The second-order valence-electron chi connectivity index (χ2n) is 8.29. The number of aromatic nitrogens is 4. The lowest BCUT2D eigenvalue weighted by Gasteiger charge is -2.35. The van der Waals surface area contributed by atoms with Crippen LogP contribution in [0.2, 0.25) is 0 Å². The molecule has 1 saturated heterocycles. The van der Waals surface area contributed by atoms with Crippen molar-refractivity contribution in [2.24, 2.45) is 5.73 Å². The lowest BCUT2D eigenvalue weighted by Crippen LogP contribution is -2.49. The fourth-order valence-corrected chi connectivity index (χ4v) is 4.20. The molecule has 0 saturated carbocycles. The van der Waals surface area contributed by atoms with E-state index in [4.69, 9.17) is 10.7 Å². The Kier molecular flexibility index (Phi) is 5.69. The molecule has 35 heavy (non-hydrogen) atoms. The number of rotatable bonds is 4. The summed E-state index contributed by atoms with van der Waals surface area (Å²) in [5.74, 6) is -0.0957. The molecule has 0 atom stereocenters. The predicted molar refractivity (Wildman–Crippen MR) is 131 cm³/mol. The Hall–Kier alpha value is -4.60. The van der Waals surface area contributed by atoms with Gasteiger partial charge in [-0.15, -0.1) is 0 Å². The van der Waals surface area contributed by atoms with Crippen LogP contribution >= 0.6 is 0 Å². The van der Waals surface area contributed by atoms with Crippen LogP contribution in [0.5, 0.6) is 0 Å². The molecule has 10 nitrogen and oxygen atoms in total. The second-order valence-corrected chi connectivity index (χ2v) is 8.29. The largest absolute Gasteiger partial charge is 0.366 e. The molecule has 0 radical (unpaired) electrons. The van der Waals surface area contributed by atoms with E-state index in [1.165, 1.54) is 10.6 Å². The Morgan fingerprint density at radius 3 is 2.31 bits per heavy atom. The first-order valence-corrected chi connectivity index (χ1v) is 11.2. The number of hydrogen-bond acceptors (Lipinski definition) is 7. The first-order chi connectivity index (χ1) is 16.9. The van der Waals surface area contributed by atoms with Crippen molar-refractivity contribution in [1.82, 2.24) is 24.4 Å². The van der Waals surface area contributed by atoms with Gasteiger partial charge in [0.2, 0.25) is 11.9 Å². The topological polar surface area (TPSA) is 127 Å². The SMILES string of the molecule is Cc1nc(N2CCN(C(=O)c3cccnc3)CC2)nc2c1ccc(=O)n2-c1ccc(C(N)=O)cc1. The van der Waals surface area contributed by atoms with Gasteiger partial charge in [-0.05, 0) is 49.4 Å². The van der Waals surface area contributed by atoms with Gasteiger partial charge in [0, 0.05) is 55.6 Å². The van der Waals surface area contributed by atoms with E-state index in [1.807, 2.05) is 11.8 Å². The fraction of sp³-hybridized carbons (Fsp3) is 0.200. The Balaban J connectivity index is 1.46. The number of piperazine rings is 1. The summed E-state index contributed by atoms with van der Waals surface area (Å²) in [6.45, 7) is 4.03. The van der Waals surface area contributed by atoms with Crippen LogP contribution < -0.4 is 16.2 Å². The lowest BCUT2D eigenvalue weighted by molar-refractivity contribution is 0.0745. The van der Waals surface area contributed by atoms with E-state index in [9.17, 15) is 14.4 Å². The number of nitrogens with zero attached hydrogens (tertiary/aromatic N) is 6. The van der Waals surface area contributed by atoms with Gasteiger partial charge in [-0.2, -0.15) is 4.98 Å². The molecular weight excluding hydrogens is 446 g/mol. The lowest BCUT2D eigenvalue weighted by atomic mass is 10.2. The maximum absolute atomic E-state index is 12.9. The average molecular weight is 470 g/mol. The number of primary amides is 1. The number of nitrogens with two attached hydrogens (primary N) is 1. The van der Waals surface area contributed by atoms with E-state index < -0.39 is 5.91 Å². The summed E-state index contributed by atoms with van der Waals surface area (Å²) in [7, 11) is 0. The average Bonchev–Trinajstić information content (AvgIpc) is 2.88. The summed E-state index contributed by atoms with van der Waals surface area (Å²) in [5.41, 5.74) is 7.79. The monoisotopic (exact) mass is 469 g/mol. The van der Waals surface area contributed by atoms with E-state index in [0.717, 1.165) is 11.1 Å². The number of hydrogen-bond donors (Lipinski definition) is 1. The molecule has 3 aromatic heterocycles. The van der Waals surface area contributed by atoms with Gasteiger partial charge in [0.05, 0.1) is 16.9 Å². The standard InChI is InChI=1S/C25H23N7O3/c1-16-20-8-9-21(33)32(19-6-4-17(5-7-19)22(26)34)23(20)29-25(28-16)31-13-11-30(12-14-31)24(35)18-3-2-10-27-15-18/h2-10,15H,11-14H2,1H3,(H2,26,34). The number of carbonyl (C=O) groups is 2. The highest BCUT2D eigenvalue weighted by Crippen LogP contribution is 2.22. The highest BCUT2D eigenvalue weighted by atomic mass is 16.2. The molecule has 1 fully saturated rings. The molecule has 5 rings (SSSR count).